The molecule has 1 fully saturated rings. The Kier molecular flexibility index (Phi) is 5.68. The molecular formula is C22H29N3O2. The van der Waals surface area contributed by atoms with Gasteiger partial charge < -0.3 is 14.4 Å². The number of carbonyl (C=O) groups excluding carboxylic acids is 2. The first-order chi connectivity index (χ1) is 12.9. The highest BCUT2D eigenvalue weighted by Crippen LogP contribution is 2.17. The lowest BCUT2D eigenvalue weighted by molar-refractivity contribution is -0.130. The Morgan fingerprint density at radius 1 is 0.963 bits per heavy atom. The van der Waals surface area contributed by atoms with Crippen LogP contribution in [-0.2, 0) is 18.3 Å². The summed E-state index contributed by atoms with van der Waals surface area (Å²) in [6.45, 7) is 8.62. The molecule has 0 unspecified atom stereocenters. The molecule has 5 nitrogen and oxygen atoms in total. The summed E-state index contributed by atoms with van der Waals surface area (Å²) in [5.41, 5.74) is 5.07. The van der Waals surface area contributed by atoms with Crippen LogP contribution in [-0.4, -0.2) is 52.4 Å². The number of amides is 2. The summed E-state index contributed by atoms with van der Waals surface area (Å²) in [7, 11) is 1.98. The summed E-state index contributed by atoms with van der Waals surface area (Å²) in [5, 5.41) is 0. The van der Waals surface area contributed by atoms with Gasteiger partial charge in [-0.15, -0.1) is 0 Å². The minimum atomic E-state index is 0.0733. The van der Waals surface area contributed by atoms with Crippen molar-refractivity contribution in [2.45, 2.75) is 33.6 Å². The van der Waals surface area contributed by atoms with Crippen molar-refractivity contribution in [1.29, 1.82) is 0 Å². The van der Waals surface area contributed by atoms with Crippen molar-refractivity contribution in [3.05, 3.63) is 58.4 Å². The molecule has 0 radical (unpaired) electrons. The van der Waals surface area contributed by atoms with Crippen molar-refractivity contribution in [2.24, 2.45) is 7.05 Å². The molecule has 27 heavy (non-hydrogen) atoms. The van der Waals surface area contributed by atoms with Crippen molar-refractivity contribution >= 4 is 11.8 Å². The van der Waals surface area contributed by atoms with Gasteiger partial charge in [-0.05, 0) is 38.8 Å². The largest absolute Gasteiger partial charge is 0.351 e. The van der Waals surface area contributed by atoms with E-state index in [4.69, 9.17) is 0 Å². The highest BCUT2D eigenvalue weighted by Gasteiger charge is 2.25. The highest BCUT2D eigenvalue weighted by atomic mass is 16.2. The smallest absolute Gasteiger partial charge is 0.255 e. The van der Waals surface area contributed by atoms with Crippen molar-refractivity contribution in [3.63, 3.8) is 0 Å². The Bertz CT molecular complexity index is 853. The van der Waals surface area contributed by atoms with Crippen molar-refractivity contribution < 1.29 is 9.59 Å². The molecule has 0 atom stereocenters. The second-order valence-electron chi connectivity index (χ2n) is 7.54. The summed E-state index contributed by atoms with van der Waals surface area (Å²) in [4.78, 5) is 29.4. The van der Waals surface area contributed by atoms with Gasteiger partial charge in [0.05, 0.1) is 12.0 Å². The maximum absolute atomic E-state index is 13.0. The number of nitrogens with zero attached hydrogens (tertiary/aromatic N) is 3. The number of hydrogen-bond donors (Lipinski definition) is 0. The predicted molar refractivity (Wildman–Crippen MR) is 107 cm³/mol. The molecule has 0 N–H and O–H groups in total. The van der Waals surface area contributed by atoms with E-state index >= 15 is 0 Å². The number of aromatic nitrogens is 1. The van der Waals surface area contributed by atoms with Gasteiger partial charge in [0.25, 0.3) is 5.91 Å². The first-order valence-corrected chi connectivity index (χ1v) is 9.62. The van der Waals surface area contributed by atoms with Gasteiger partial charge in [0.15, 0.2) is 0 Å². The van der Waals surface area contributed by atoms with E-state index in [1.54, 1.807) is 0 Å². The third-order valence-electron chi connectivity index (χ3n) is 5.58. The molecule has 1 aromatic heterocycles. The van der Waals surface area contributed by atoms with Gasteiger partial charge in [-0.3, -0.25) is 9.59 Å². The fourth-order valence-electron chi connectivity index (χ4n) is 3.72. The molecule has 0 bridgehead atoms. The van der Waals surface area contributed by atoms with Crippen LogP contribution in [0.15, 0.2) is 30.3 Å². The van der Waals surface area contributed by atoms with Gasteiger partial charge >= 0.3 is 0 Å². The molecule has 1 aliphatic heterocycles. The van der Waals surface area contributed by atoms with E-state index in [0.29, 0.717) is 32.6 Å². The molecular weight excluding hydrogens is 338 g/mol. The maximum Gasteiger partial charge on any atom is 0.255 e. The fraction of sp³-hybridized carbons (Fsp3) is 0.455. The quantitative estimate of drug-likeness (QED) is 0.837. The third-order valence-corrected chi connectivity index (χ3v) is 5.58. The monoisotopic (exact) mass is 367 g/mol. The summed E-state index contributed by atoms with van der Waals surface area (Å²) < 4.78 is 2.04. The van der Waals surface area contributed by atoms with Crippen LogP contribution in [0.5, 0.6) is 0 Å². The van der Waals surface area contributed by atoms with Crippen LogP contribution >= 0.6 is 0 Å². The van der Waals surface area contributed by atoms with Crippen LogP contribution in [0.1, 0.15) is 39.3 Å². The van der Waals surface area contributed by atoms with Gasteiger partial charge in [0.2, 0.25) is 5.91 Å². The van der Waals surface area contributed by atoms with E-state index in [2.05, 4.69) is 6.07 Å². The Hall–Kier alpha value is -2.56. The second kappa shape index (κ2) is 7.99. The normalized spacial score (nSPS) is 15.0. The number of rotatable bonds is 3. The Labute approximate surface area is 161 Å². The summed E-state index contributed by atoms with van der Waals surface area (Å²) in [5.74, 6) is 0.214. The van der Waals surface area contributed by atoms with Gasteiger partial charge in [-0.1, -0.05) is 29.8 Å². The molecule has 1 saturated heterocycles. The van der Waals surface area contributed by atoms with Crippen LogP contribution in [0.2, 0.25) is 0 Å². The molecule has 144 valence electrons. The van der Waals surface area contributed by atoms with Crippen molar-refractivity contribution in [2.75, 3.05) is 26.2 Å². The number of aryl methyl sites for hydroxylation is 2. The average Bonchev–Trinajstić information content (AvgIpc) is 2.83. The molecule has 2 heterocycles. The molecule has 0 spiro atoms. The van der Waals surface area contributed by atoms with Gasteiger partial charge in [0, 0.05) is 44.6 Å². The van der Waals surface area contributed by atoms with E-state index in [0.717, 1.165) is 28.9 Å². The van der Waals surface area contributed by atoms with Gasteiger partial charge in [-0.2, -0.15) is 0 Å². The first kappa shape index (κ1) is 19.2. The molecule has 1 aromatic carbocycles. The molecule has 0 saturated carbocycles. The summed E-state index contributed by atoms with van der Waals surface area (Å²) in [6, 6.07) is 10.1. The lowest BCUT2D eigenvalue weighted by Crippen LogP contribution is -2.38. The zero-order valence-corrected chi connectivity index (χ0v) is 16.8. The molecule has 2 amide bonds. The summed E-state index contributed by atoms with van der Waals surface area (Å²) >= 11 is 0. The van der Waals surface area contributed by atoms with Crippen LogP contribution in [0, 0.1) is 20.8 Å². The van der Waals surface area contributed by atoms with Crippen LogP contribution in [0.4, 0.5) is 0 Å². The van der Waals surface area contributed by atoms with E-state index < -0.39 is 0 Å². The highest BCUT2D eigenvalue weighted by molar-refractivity contribution is 5.95. The molecule has 2 aromatic rings. The fourth-order valence-corrected chi connectivity index (χ4v) is 3.72. The van der Waals surface area contributed by atoms with Crippen LogP contribution in [0.25, 0.3) is 0 Å². The van der Waals surface area contributed by atoms with Crippen LogP contribution in [0.3, 0.4) is 0 Å². The Morgan fingerprint density at radius 2 is 1.67 bits per heavy atom. The topological polar surface area (TPSA) is 45.6 Å². The number of carbonyl (C=O) groups is 2. The predicted octanol–water partition coefficient (Wildman–Crippen LogP) is 2.87. The van der Waals surface area contributed by atoms with E-state index in [-0.39, 0.29) is 11.8 Å². The molecule has 5 heteroatoms. The third kappa shape index (κ3) is 4.24. The van der Waals surface area contributed by atoms with E-state index in [1.807, 2.05) is 66.5 Å². The van der Waals surface area contributed by atoms with E-state index in [9.17, 15) is 9.59 Å². The van der Waals surface area contributed by atoms with Gasteiger partial charge in [0.1, 0.15) is 0 Å². The van der Waals surface area contributed by atoms with Gasteiger partial charge in [-0.25, -0.2) is 0 Å². The zero-order chi connectivity index (χ0) is 19.6. The van der Waals surface area contributed by atoms with Crippen molar-refractivity contribution in [3.8, 4) is 0 Å². The zero-order valence-electron chi connectivity index (χ0n) is 16.8. The maximum atomic E-state index is 13.0. The number of hydrogen-bond acceptors (Lipinski definition) is 2. The Morgan fingerprint density at radius 3 is 2.33 bits per heavy atom. The van der Waals surface area contributed by atoms with Crippen LogP contribution < -0.4 is 0 Å². The lowest BCUT2D eigenvalue weighted by atomic mass is 10.1. The lowest BCUT2D eigenvalue weighted by Gasteiger charge is -2.22. The SMILES string of the molecule is Cc1cccc(CC(=O)N2CCCN(C(=O)c3cc(C)n(C)c3C)CC2)c1. The standard InChI is InChI=1S/C22H29N3O2/c1-16-7-5-8-19(13-16)15-21(26)24-9-6-10-25(12-11-24)22(27)20-14-17(2)23(4)18(20)3/h5,7-8,13-14H,6,9-12,15H2,1-4H3. The molecule has 0 aliphatic carbocycles. The minimum Gasteiger partial charge on any atom is -0.351 e. The van der Waals surface area contributed by atoms with E-state index in [1.165, 1.54) is 5.56 Å². The minimum absolute atomic E-state index is 0.0733. The molecule has 3 rings (SSSR count). The number of benzene rings is 1. The second-order valence-corrected chi connectivity index (χ2v) is 7.54. The average molecular weight is 367 g/mol. The first-order valence-electron chi connectivity index (χ1n) is 9.62. The Balaban J connectivity index is 1.63. The van der Waals surface area contributed by atoms with Crippen molar-refractivity contribution in [1.82, 2.24) is 14.4 Å². The molecule has 1 aliphatic rings. The summed E-state index contributed by atoms with van der Waals surface area (Å²) in [6.07, 6.45) is 1.24.